The molecule has 1 aliphatic rings. The summed E-state index contributed by atoms with van der Waals surface area (Å²) in [5, 5.41) is 8.54. The predicted molar refractivity (Wildman–Crippen MR) is 237 cm³/mol. The first-order valence-corrected chi connectivity index (χ1v) is 19.5. The van der Waals surface area contributed by atoms with Gasteiger partial charge in [-0.1, -0.05) is 146 Å². The number of aliphatic imine (C=N–C) groups is 1. The number of hydrogen-bond donors (Lipinski definition) is 0. The maximum absolute atomic E-state index is 5.69. The van der Waals surface area contributed by atoms with Gasteiger partial charge >= 0.3 is 0 Å². The van der Waals surface area contributed by atoms with Crippen molar-refractivity contribution in [1.82, 2.24) is 9.88 Å². The quantitative estimate of drug-likeness (QED) is 0.166. The van der Waals surface area contributed by atoms with Crippen LogP contribution in [-0.2, 0) is 0 Å². The molecule has 0 amide bonds. The van der Waals surface area contributed by atoms with E-state index in [9.17, 15) is 0 Å². The number of rotatable bonds is 5. The second kappa shape index (κ2) is 14.1. The summed E-state index contributed by atoms with van der Waals surface area (Å²) in [6, 6.07) is 63.9. The van der Waals surface area contributed by atoms with Crippen molar-refractivity contribution in [2.24, 2.45) is 4.99 Å². The third-order valence-corrected chi connectivity index (χ3v) is 11.6. The van der Waals surface area contributed by atoms with Crippen LogP contribution >= 0.6 is 0 Å². The smallest absolute Gasteiger partial charge is 0.147 e. The molecule has 8 aromatic carbocycles. The van der Waals surface area contributed by atoms with Crippen molar-refractivity contribution in [3.05, 3.63) is 204 Å². The van der Waals surface area contributed by atoms with Crippen LogP contribution in [0.4, 0.5) is 0 Å². The van der Waals surface area contributed by atoms with Gasteiger partial charge in [0.2, 0.25) is 0 Å². The van der Waals surface area contributed by atoms with Gasteiger partial charge in [-0.05, 0) is 127 Å². The summed E-state index contributed by atoms with van der Waals surface area (Å²) in [5.74, 6) is 0. The Hall–Kier alpha value is -6.84. The first-order valence-electron chi connectivity index (χ1n) is 19.5. The molecule has 3 nitrogen and oxygen atoms in total. The van der Waals surface area contributed by atoms with Crippen molar-refractivity contribution in [3.63, 3.8) is 0 Å². The Bertz CT molecular complexity index is 2990. The summed E-state index contributed by atoms with van der Waals surface area (Å²) in [6.45, 7) is 2.31. The van der Waals surface area contributed by atoms with E-state index in [0.717, 1.165) is 29.6 Å². The highest BCUT2D eigenvalue weighted by molar-refractivity contribution is 6.19. The average Bonchev–Trinajstić information content (AvgIpc) is 3.26. The number of pyridine rings is 1. The Morgan fingerprint density at radius 2 is 1.20 bits per heavy atom. The van der Waals surface area contributed by atoms with Crippen LogP contribution in [0.1, 0.15) is 42.6 Å². The van der Waals surface area contributed by atoms with Crippen molar-refractivity contribution in [2.45, 2.75) is 25.9 Å². The van der Waals surface area contributed by atoms with E-state index in [1.54, 1.807) is 0 Å². The molecule has 10 rings (SSSR count). The normalized spacial score (nSPS) is 16.3. The minimum absolute atomic E-state index is 0.261. The van der Waals surface area contributed by atoms with Gasteiger partial charge in [0.15, 0.2) is 0 Å². The predicted octanol–water partition coefficient (Wildman–Crippen LogP) is 13.7. The minimum atomic E-state index is -0.261. The largest absolute Gasteiger partial charge is 0.349 e. The molecule has 1 aromatic heterocycles. The number of benzene rings is 8. The van der Waals surface area contributed by atoms with Crippen molar-refractivity contribution in [3.8, 4) is 22.3 Å². The lowest BCUT2D eigenvalue weighted by Gasteiger charge is -2.34. The molecular formula is C53H41N3. The van der Waals surface area contributed by atoms with Crippen LogP contribution < -0.4 is 0 Å². The molecular weight excluding hydrogens is 679 g/mol. The van der Waals surface area contributed by atoms with Gasteiger partial charge in [-0.15, -0.1) is 0 Å². The van der Waals surface area contributed by atoms with E-state index in [2.05, 4.69) is 189 Å². The summed E-state index contributed by atoms with van der Waals surface area (Å²) in [5.41, 5.74) is 13.1. The van der Waals surface area contributed by atoms with Crippen LogP contribution in [0.2, 0.25) is 0 Å². The van der Waals surface area contributed by atoms with Crippen molar-refractivity contribution in [2.75, 3.05) is 7.05 Å². The van der Waals surface area contributed by atoms with Gasteiger partial charge in [0.1, 0.15) is 6.17 Å². The minimum Gasteiger partial charge on any atom is -0.349 e. The third kappa shape index (κ3) is 6.02. The monoisotopic (exact) mass is 719 g/mol. The van der Waals surface area contributed by atoms with Crippen LogP contribution in [0.25, 0.3) is 71.2 Å². The molecule has 0 fully saturated rings. The van der Waals surface area contributed by atoms with Gasteiger partial charge in [-0.25, -0.2) is 0 Å². The second-order valence-electron chi connectivity index (χ2n) is 15.0. The van der Waals surface area contributed by atoms with Crippen molar-refractivity contribution in [1.29, 1.82) is 0 Å². The van der Waals surface area contributed by atoms with Crippen molar-refractivity contribution >= 4 is 54.6 Å². The number of nitrogens with zero attached hydrogens (tertiary/aromatic N) is 3. The molecule has 0 spiro atoms. The van der Waals surface area contributed by atoms with E-state index in [-0.39, 0.29) is 6.17 Å². The van der Waals surface area contributed by atoms with Gasteiger partial charge in [0.05, 0.1) is 5.52 Å². The summed E-state index contributed by atoms with van der Waals surface area (Å²) < 4.78 is 0. The molecule has 56 heavy (non-hydrogen) atoms. The highest BCUT2D eigenvalue weighted by Gasteiger charge is 2.26. The summed E-state index contributed by atoms with van der Waals surface area (Å²) in [6.07, 6.45) is 3.39. The van der Waals surface area contributed by atoms with Gasteiger partial charge < -0.3 is 4.90 Å². The third-order valence-electron chi connectivity index (χ3n) is 11.6. The Labute approximate surface area is 327 Å². The van der Waals surface area contributed by atoms with Crippen LogP contribution in [0, 0.1) is 0 Å². The summed E-state index contributed by atoms with van der Waals surface area (Å²) in [4.78, 5) is 12.8. The summed E-state index contributed by atoms with van der Waals surface area (Å²) in [7, 11) is 2.23. The van der Waals surface area contributed by atoms with Gasteiger partial charge in [-0.2, -0.15) is 0 Å². The molecule has 0 radical (unpaired) electrons. The zero-order chi connectivity index (χ0) is 37.6. The molecule has 0 bridgehead atoms. The van der Waals surface area contributed by atoms with Crippen LogP contribution in [0.15, 0.2) is 193 Å². The fourth-order valence-electron chi connectivity index (χ4n) is 8.79. The first-order chi connectivity index (χ1) is 27.6. The highest BCUT2D eigenvalue weighted by atomic mass is 15.2. The fourth-order valence-corrected chi connectivity index (χ4v) is 8.79. The van der Waals surface area contributed by atoms with E-state index >= 15 is 0 Å². The number of aromatic nitrogens is 1. The first kappa shape index (κ1) is 33.7. The van der Waals surface area contributed by atoms with Crippen molar-refractivity contribution < 1.29 is 0 Å². The molecule has 2 heterocycles. The van der Waals surface area contributed by atoms with Gasteiger partial charge in [-0.3, -0.25) is 9.98 Å². The lowest BCUT2D eigenvalue weighted by Crippen LogP contribution is -2.26. The highest BCUT2D eigenvalue weighted by Crippen LogP contribution is 2.42. The van der Waals surface area contributed by atoms with Crippen LogP contribution in [-0.4, -0.2) is 22.6 Å². The van der Waals surface area contributed by atoms with Gasteiger partial charge in [0, 0.05) is 30.0 Å². The maximum atomic E-state index is 5.69. The zero-order valence-electron chi connectivity index (χ0n) is 31.7. The van der Waals surface area contributed by atoms with Gasteiger partial charge in [0.25, 0.3) is 0 Å². The lowest BCUT2D eigenvalue weighted by molar-refractivity contribution is 0.363. The molecule has 0 saturated carbocycles. The molecule has 0 N–H and O–H groups in total. The molecule has 3 heteroatoms. The average molecular weight is 720 g/mol. The SMILES string of the molecule is C/C1=C(/c2ccc(-c3ccc4ccccc4c3)c(-c3ccccc3)c2)N(C)C(c2ccc3ccc4ccc5ncccc5c4c3c2)N=C(c2ccccc2)CC1. The number of fused-ring (bicyclic) bond motifs is 6. The Morgan fingerprint density at radius 3 is 2.04 bits per heavy atom. The molecule has 1 atom stereocenters. The van der Waals surface area contributed by atoms with E-state index in [0.29, 0.717) is 0 Å². The topological polar surface area (TPSA) is 28.5 Å². The van der Waals surface area contributed by atoms with E-state index in [4.69, 9.17) is 9.98 Å². The Kier molecular flexibility index (Phi) is 8.49. The fraction of sp³-hybridized carbons (Fsp3) is 0.0943. The summed E-state index contributed by atoms with van der Waals surface area (Å²) >= 11 is 0. The number of hydrogen-bond acceptors (Lipinski definition) is 3. The molecule has 1 aliphatic heterocycles. The zero-order valence-corrected chi connectivity index (χ0v) is 31.7. The van der Waals surface area contributed by atoms with Crippen LogP contribution in [0.5, 0.6) is 0 Å². The number of allylic oxidation sites excluding steroid dienone is 1. The Balaban J connectivity index is 1.16. The standard InChI is InChI=1S/C53H41N3/c1-35-19-29-49(39-15-7-4-8-16-39)55-53(44-25-22-38-21-23-40-27-30-50-46(18-11-31-54-50)51(40)48(38)34-44)56(2)52(35)43-26-28-45(47(33-43)37-13-5-3-6-14-37)42-24-20-36-12-9-10-17-41(36)32-42/h3-18,20-28,30-34,53H,19,29H2,1-2H3/b52-35+,55-49?. The van der Waals surface area contributed by atoms with E-state index in [1.165, 1.54) is 82.4 Å². The molecule has 9 aromatic rings. The van der Waals surface area contributed by atoms with E-state index < -0.39 is 0 Å². The molecule has 268 valence electrons. The second-order valence-corrected chi connectivity index (χ2v) is 15.0. The molecule has 0 aliphatic carbocycles. The molecule has 1 unspecified atom stereocenters. The van der Waals surface area contributed by atoms with Crippen LogP contribution in [0.3, 0.4) is 0 Å². The maximum Gasteiger partial charge on any atom is 0.147 e. The molecule has 0 saturated heterocycles. The lowest BCUT2D eigenvalue weighted by atomic mass is 9.89. The Morgan fingerprint density at radius 1 is 0.500 bits per heavy atom. The van der Waals surface area contributed by atoms with E-state index in [1.807, 2.05) is 12.3 Å².